The molecule has 2 nitrogen and oxygen atoms in total. The molecule has 0 saturated carbocycles. The van der Waals surface area contributed by atoms with Crippen LogP contribution < -0.4 is 11.3 Å². The second-order valence-corrected chi connectivity index (χ2v) is 6.75. The summed E-state index contributed by atoms with van der Waals surface area (Å²) in [6, 6.07) is 12.9. The fourth-order valence-corrected chi connectivity index (χ4v) is 3.58. The molecule has 2 rings (SSSR count). The SMILES string of the molecule is Cc1cc(C(CCc2ccccc2)NN)sc1Br. The molecule has 0 aliphatic heterocycles. The second kappa shape index (κ2) is 6.48. The first-order chi connectivity index (χ1) is 8.70. The van der Waals surface area contributed by atoms with Gasteiger partial charge in [0.1, 0.15) is 0 Å². The van der Waals surface area contributed by atoms with Crippen LogP contribution in [-0.2, 0) is 6.42 Å². The van der Waals surface area contributed by atoms with Gasteiger partial charge in [-0.25, -0.2) is 0 Å². The smallest absolute Gasteiger partial charge is 0.0731 e. The van der Waals surface area contributed by atoms with Crippen molar-refractivity contribution >= 4 is 27.3 Å². The minimum absolute atomic E-state index is 0.222. The molecule has 96 valence electrons. The Morgan fingerprint density at radius 1 is 1.33 bits per heavy atom. The molecule has 0 aliphatic carbocycles. The zero-order valence-electron chi connectivity index (χ0n) is 10.3. The standard InChI is InChI=1S/C14H17BrN2S/c1-10-9-13(18-14(10)15)12(17-16)8-7-11-5-3-2-4-6-11/h2-6,9,12,17H,7-8,16H2,1H3. The maximum Gasteiger partial charge on any atom is 0.0731 e. The minimum Gasteiger partial charge on any atom is -0.271 e. The van der Waals surface area contributed by atoms with E-state index >= 15 is 0 Å². The van der Waals surface area contributed by atoms with E-state index in [2.05, 4.69) is 58.6 Å². The highest BCUT2D eigenvalue weighted by Gasteiger charge is 2.13. The normalized spacial score (nSPS) is 12.6. The predicted octanol–water partition coefficient (Wildman–Crippen LogP) is 3.96. The molecule has 2 aromatic rings. The maximum absolute atomic E-state index is 5.67. The number of halogens is 1. The lowest BCUT2D eigenvalue weighted by molar-refractivity contribution is 0.524. The number of thiophene rings is 1. The van der Waals surface area contributed by atoms with E-state index in [1.807, 2.05) is 6.07 Å². The summed E-state index contributed by atoms with van der Waals surface area (Å²) >= 11 is 5.32. The van der Waals surface area contributed by atoms with Crippen LogP contribution in [0.2, 0.25) is 0 Å². The van der Waals surface area contributed by atoms with Crippen LogP contribution >= 0.6 is 27.3 Å². The fraction of sp³-hybridized carbons (Fsp3) is 0.286. The van der Waals surface area contributed by atoms with Crippen molar-refractivity contribution in [2.24, 2.45) is 5.84 Å². The van der Waals surface area contributed by atoms with Crippen LogP contribution in [0.1, 0.15) is 28.5 Å². The van der Waals surface area contributed by atoms with Gasteiger partial charge in [-0.1, -0.05) is 30.3 Å². The molecule has 1 aromatic carbocycles. The van der Waals surface area contributed by atoms with Gasteiger partial charge in [-0.15, -0.1) is 11.3 Å². The van der Waals surface area contributed by atoms with E-state index in [4.69, 9.17) is 5.84 Å². The van der Waals surface area contributed by atoms with E-state index in [0.29, 0.717) is 0 Å². The first-order valence-electron chi connectivity index (χ1n) is 5.96. The summed E-state index contributed by atoms with van der Waals surface area (Å²) < 4.78 is 1.19. The molecule has 0 amide bonds. The molecule has 1 atom stereocenters. The largest absolute Gasteiger partial charge is 0.271 e. The molecule has 0 spiro atoms. The van der Waals surface area contributed by atoms with Gasteiger partial charge in [-0.3, -0.25) is 11.3 Å². The van der Waals surface area contributed by atoms with Gasteiger partial charge in [0.2, 0.25) is 0 Å². The first kappa shape index (κ1) is 13.7. The number of hydrogen-bond acceptors (Lipinski definition) is 3. The Morgan fingerprint density at radius 2 is 2.06 bits per heavy atom. The Kier molecular flexibility index (Phi) is 4.95. The zero-order chi connectivity index (χ0) is 13.0. The predicted molar refractivity (Wildman–Crippen MR) is 81.6 cm³/mol. The van der Waals surface area contributed by atoms with Crippen LogP contribution in [0.3, 0.4) is 0 Å². The molecule has 4 heteroatoms. The Hall–Kier alpha value is -0.680. The Labute approximate surface area is 120 Å². The summed E-state index contributed by atoms with van der Waals surface area (Å²) in [5, 5.41) is 0. The molecular formula is C14H17BrN2S. The maximum atomic E-state index is 5.67. The molecule has 3 N–H and O–H groups in total. The van der Waals surface area contributed by atoms with Gasteiger partial charge in [0.25, 0.3) is 0 Å². The molecule has 1 aromatic heterocycles. The van der Waals surface area contributed by atoms with Crippen LogP contribution in [0.5, 0.6) is 0 Å². The van der Waals surface area contributed by atoms with Crippen molar-refractivity contribution in [1.82, 2.24) is 5.43 Å². The summed E-state index contributed by atoms with van der Waals surface area (Å²) in [5.41, 5.74) is 5.54. The number of hydrogen-bond donors (Lipinski definition) is 2. The third-order valence-electron chi connectivity index (χ3n) is 2.99. The molecule has 0 radical (unpaired) electrons. The first-order valence-corrected chi connectivity index (χ1v) is 7.57. The van der Waals surface area contributed by atoms with Crippen LogP contribution in [0.15, 0.2) is 40.2 Å². The Morgan fingerprint density at radius 3 is 2.61 bits per heavy atom. The highest BCUT2D eigenvalue weighted by molar-refractivity contribution is 9.11. The highest BCUT2D eigenvalue weighted by atomic mass is 79.9. The third-order valence-corrected chi connectivity index (χ3v) is 5.24. The van der Waals surface area contributed by atoms with Crippen molar-refractivity contribution in [3.8, 4) is 0 Å². The number of nitrogens with one attached hydrogen (secondary N) is 1. The van der Waals surface area contributed by atoms with Crippen LogP contribution in [-0.4, -0.2) is 0 Å². The van der Waals surface area contributed by atoms with E-state index in [9.17, 15) is 0 Å². The number of hydrazine groups is 1. The number of rotatable bonds is 5. The lowest BCUT2D eigenvalue weighted by Crippen LogP contribution is -2.27. The molecule has 1 unspecified atom stereocenters. The van der Waals surface area contributed by atoms with Crippen LogP contribution in [0.25, 0.3) is 0 Å². The van der Waals surface area contributed by atoms with Crippen LogP contribution in [0.4, 0.5) is 0 Å². The van der Waals surface area contributed by atoms with E-state index in [1.54, 1.807) is 11.3 Å². The molecule has 0 saturated heterocycles. The van der Waals surface area contributed by atoms with Crippen molar-refractivity contribution in [3.63, 3.8) is 0 Å². The van der Waals surface area contributed by atoms with Gasteiger partial charge in [0.05, 0.1) is 9.83 Å². The molecular weight excluding hydrogens is 308 g/mol. The monoisotopic (exact) mass is 324 g/mol. The summed E-state index contributed by atoms with van der Waals surface area (Å²) in [5.74, 6) is 5.67. The quantitative estimate of drug-likeness (QED) is 0.645. The number of nitrogens with two attached hydrogens (primary N) is 1. The van der Waals surface area contributed by atoms with Gasteiger partial charge in [-0.05, 0) is 52.9 Å². The lowest BCUT2D eigenvalue weighted by atomic mass is 10.0. The molecule has 0 fully saturated rings. The third kappa shape index (κ3) is 3.42. The number of aryl methyl sites for hydroxylation is 2. The lowest BCUT2D eigenvalue weighted by Gasteiger charge is -2.13. The van der Waals surface area contributed by atoms with Crippen molar-refractivity contribution in [2.75, 3.05) is 0 Å². The minimum atomic E-state index is 0.222. The average molecular weight is 325 g/mol. The van der Waals surface area contributed by atoms with Crippen molar-refractivity contribution in [2.45, 2.75) is 25.8 Å². The Bertz CT molecular complexity index is 476. The van der Waals surface area contributed by atoms with Crippen LogP contribution in [0, 0.1) is 6.92 Å². The summed E-state index contributed by atoms with van der Waals surface area (Å²) in [6.07, 6.45) is 2.04. The van der Waals surface area contributed by atoms with Crippen molar-refractivity contribution in [3.05, 3.63) is 56.2 Å². The van der Waals surface area contributed by atoms with Gasteiger partial charge >= 0.3 is 0 Å². The van der Waals surface area contributed by atoms with Gasteiger partial charge in [0.15, 0.2) is 0 Å². The van der Waals surface area contributed by atoms with Crippen molar-refractivity contribution in [1.29, 1.82) is 0 Å². The molecule has 0 aliphatic rings. The highest BCUT2D eigenvalue weighted by Crippen LogP contribution is 2.32. The van der Waals surface area contributed by atoms with Gasteiger partial charge in [0, 0.05) is 4.88 Å². The van der Waals surface area contributed by atoms with E-state index < -0.39 is 0 Å². The zero-order valence-corrected chi connectivity index (χ0v) is 12.7. The number of benzene rings is 1. The molecule has 18 heavy (non-hydrogen) atoms. The van der Waals surface area contributed by atoms with E-state index in [0.717, 1.165) is 12.8 Å². The topological polar surface area (TPSA) is 38.0 Å². The van der Waals surface area contributed by atoms with E-state index in [-0.39, 0.29) is 6.04 Å². The van der Waals surface area contributed by atoms with E-state index in [1.165, 1.54) is 19.8 Å². The van der Waals surface area contributed by atoms with Crippen molar-refractivity contribution < 1.29 is 0 Å². The fourth-order valence-electron chi connectivity index (χ4n) is 1.92. The summed E-state index contributed by atoms with van der Waals surface area (Å²) in [4.78, 5) is 1.29. The summed E-state index contributed by atoms with van der Waals surface area (Å²) in [6.45, 7) is 2.11. The summed E-state index contributed by atoms with van der Waals surface area (Å²) in [7, 11) is 0. The second-order valence-electron chi connectivity index (χ2n) is 4.35. The average Bonchev–Trinajstić information content (AvgIpc) is 2.71. The van der Waals surface area contributed by atoms with Gasteiger partial charge < -0.3 is 0 Å². The Balaban J connectivity index is 2.02. The van der Waals surface area contributed by atoms with Gasteiger partial charge in [-0.2, -0.15) is 0 Å². The molecule has 0 bridgehead atoms. The molecule has 1 heterocycles.